The van der Waals surface area contributed by atoms with Gasteiger partial charge in [-0.3, -0.25) is 0 Å². The highest BCUT2D eigenvalue weighted by Gasteiger charge is 2.22. The van der Waals surface area contributed by atoms with Gasteiger partial charge in [-0.25, -0.2) is 4.79 Å². The summed E-state index contributed by atoms with van der Waals surface area (Å²) >= 11 is 0. The summed E-state index contributed by atoms with van der Waals surface area (Å²) in [6.07, 6.45) is 2.78. The zero-order chi connectivity index (χ0) is 13.0. The third-order valence-electron chi connectivity index (χ3n) is 3.41. The van der Waals surface area contributed by atoms with Crippen LogP contribution in [0.4, 0.5) is 0 Å². The van der Waals surface area contributed by atoms with Gasteiger partial charge in [-0.15, -0.1) is 0 Å². The monoisotopic (exact) mass is 252 g/mol. The van der Waals surface area contributed by atoms with Crippen LogP contribution in [0.5, 0.6) is 0 Å². The van der Waals surface area contributed by atoms with Gasteiger partial charge >= 0.3 is 5.97 Å². The molecule has 2 atom stereocenters. The van der Waals surface area contributed by atoms with Gasteiger partial charge in [0.25, 0.3) is 0 Å². The van der Waals surface area contributed by atoms with Crippen molar-refractivity contribution in [3.05, 3.63) is 23.5 Å². The summed E-state index contributed by atoms with van der Waals surface area (Å²) in [6, 6.07) is 3.60. The number of aliphatic hydroxyl groups is 1. The van der Waals surface area contributed by atoms with Gasteiger partial charge in [-0.05, 0) is 43.9 Å². The number of aromatic amines is 1. The fourth-order valence-electron chi connectivity index (χ4n) is 2.42. The van der Waals surface area contributed by atoms with Gasteiger partial charge in [0.05, 0.1) is 13.2 Å². The van der Waals surface area contributed by atoms with E-state index in [9.17, 15) is 9.90 Å². The molecule has 0 bridgehead atoms. The zero-order valence-corrected chi connectivity index (χ0v) is 10.6. The second-order valence-corrected chi connectivity index (χ2v) is 4.85. The molecule has 100 valence electrons. The molecule has 0 spiro atoms. The summed E-state index contributed by atoms with van der Waals surface area (Å²) in [5.74, 6) is 0.218. The van der Waals surface area contributed by atoms with Crippen LogP contribution in [-0.2, 0) is 11.3 Å². The smallest absolute Gasteiger partial charge is 0.354 e. The Kier molecular flexibility index (Phi) is 4.38. The van der Waals surface area contributed by atoms with Gasteiger partial charge in [-0.1, -0.05) is 0 Å². The molecule has 0 aliphatic heterocycles. The first-order valence-corrected chi connectivity index (χ1v) is 6.34. The molecule has 1 fully saturated rings. The number of carbonyl (C=O) groups is 1. The number of aromatic nitrogens is 1. The Morgan fingerprint density at radius 3 is 3.06 bits per heavy atom. The van der Waals surface area contributed by atoms with E-state index < -0.39 is 0 Å². The average molecular weight is 252 g/mol. The topological polar surface area (TPSA) is 74.3 Å². The van der Waals surface area contributed by atoms with Crippen LogP contribution in [0.15, 0.2) is 12.1 Å². The zero-order valence-electron chi connectivity index (χ0n) is 10.6. The van der Waals surface area contributed by atoms with E-state index in [1.54, 1.807) is 6.07 Å². The van der Waals surface area contributed by atoms with Gasteiger partial charge < -0.3 is 20.1 Å². The van der Waals surface area contributed by atoms with Crippen molar-refractivity contribution in [2.75, 3.05) is 13.7 Å². The summed E-state index contributed by atoms with van der Waals surface area (Å²) < 4.78 is 4.63. The fraction of sp³-hybridized carbons (Fsp3) is 0.615. The van der Waals surface area contributed by atoms with E-state index in [2.05, 4.69) is 15.0 Å². The molecular weight excluding hydrogens is 232 g/mol. The van der Waals surface area contributed by atoms with Crippen molar-refractivity contribution in [3.8, 4) is 0 Å². The minimum Gasteiger partial charge on any atom is -0.464 e. The minimum atomic E-state index is -0.347. The number of methoxy groups -OCH3 is 1. The molecule has 1 aromatic heterocycles. The number of carbonyl (C=O) groups excluding carboxylic acids is 1. The highest BCUT2D eigenvalue weighted by Crippen LogP contribution is 2.24. The predicted octanol–water partition coefficient (Wildman–Crippen LogP) is 1.05. The van der Waals surface area contributed by atoms with Gasteiger partial charge in [0, 0.05) is 12.2 Å². The molecule has 1 heterocycles. The lowest BCUT2D eigenvalue weighted by molar-refractivity contribution is 0.0594. The molecule has 18 heavy (non-hydrogen) atoms. The van der Waals surface area contributed by atoms with E-state index in [1.807, 2.05) is 6.07 Å². The van der Waals surface area contributed by atoms with E-state index in [0.29, 0.717) is 18.2 Å². The molecule has 0 amide bonds. The number of rotatable bonds is 5. The molecule has 1 aliphatic carbocycles. The molecule has 3 N–H and O–H groups in total. The Labute approximate surface area is 107 Å². The number of H-pyrrole nitrogens is 1. The molecule has 0 saturated heterocycles. The maximum absolute atomic E-state index is 11.2. The summed E-state index contributed by atoms with van der Waals surface area (Å²) in [5.41, 5.74) is 1.44. The van der Waals surface area contributed by atoms with Crippen LogP contribution in [-0.4, -0.2) is 35.8 Å². The van der Waals surface area contributed by atoms with Crippen LogP contribution >= 0.6 is 0 Å². The van der Waals surface area contributed by atoms with Crippen molar-refractivity contribution in [2.45, 2.75) is 31.9 Å². The number of nitrogens with one attached hydrogen (secondary N) is 2. The van der Waals surface area contributed by atoms with E-state index in [4.69, 9.17) is 0 Å². The number of hydrogen-bond acceptors (Lipinski definition) is 4. The quantitative estimate of drug-likeness (QED) is 0.685. The summed E-state index contributed by atoms with van der Waals surface area (Å²) in [5, 5.41) is 12.8. The highest BCUT2D eigenvalue weighted by molar-refractivity contribution is 5.87. The second-order valence-electron chi connectivity index (χ2n) is 4.85. The van der Waals surface area contributed by atoms with Crippen molar-refractivity contribution >= 4 is 5.97 Å². The SMILES string of the molecule is COC(=O)c1ccc(CNCC2CCC(O)C2)[nH]1. The normalized spacial score (nSPS) is 23.2. The third-order valence-corrected chi connectivity index (χ3v) is 3.41. The van der Waals surface area contributed by atoms with E-state index in [0.717, 1.165) is 31.5 Å². The molecule has 2 rings (SSSR count). The van der Waals surface area contributed by atoms with Crippen LogP contribution in [0.3, 0.4) is 0 Å². The van der Waals surface area contributed by atoms with Crippen molar-refractivity contribution in [3.63, 3.8) is 0 Å². The lowest BCUT2D eigenvalue weighted by Crippen LogP contribution is -2.21. The molecule has 5 heteroatoms. The van der Waals surface area contributed by atoms with Crippen molar-refractivity contribution in [1.82, 2.24) is 10.3 Å². The molecule has 2 unspecified atom stereocenters. The fourth-order valence-corrected chi connectivity index (χ4v) is 2.42. The van der Waals surface area contributed by atoms with E-state index in [1.165, 1.54) is 7.11 Å². The van der Waals surface area contributed by atoms with Crippen LogP contribution in [0, 0.1) is 5.92 Å². The van der Waals surface area contributed by atoms with Gasteiger partial charge in [0.2, 0.25) is 0 Å². The molecule has 1 aliphatic rings. The third kappa shape index (κ3) is 3.34. The number of hydrogen-bond donors (Lipinski definition) is 3. The first kappa shape index (κ1) is 13.1. The van der Waals surface area contributed by atoms with Gasteiger partial charge in [0.1, 0.15) is 5.69 Å². The van der Waals surface area contributed by atoms with Gasteiger partial charge in [-0.2, -0.15) is 0 Å². The molecule has 5 nitrogen and oxygen atoms in total. The second kappa shape index (κ2) is 6.02. The number of aliphatic hydroxyl groups excluding tert-OH is 1. The summed E-state index contributed by atoms with van der Waals surface area (Å²) in [4.78, 5) is 14.3. The lowest BCUT2D eigenvalue weighted by Gasteiger charge is -2.09. The van der Waals surface area contributed by atoms with Crippen LogP contribution in [0.2, 0.25) is 0 Å². The maximum Gasteiger partial charge on any atom is 0.354 e. The first-order chi connectivity index (χ1) is 8.69. The summed E-state index contributed by atoms with van der Waals surface area (Å²) in [6.45, 7) is 1.60. The molecule has 1 saturated carbocycles. The molecular formula is C13H20N2O3. The Balaban J connectivity index is 1.73. The van der Waals surface area contributed by atoms with Crippen LogP contribution < -0.4 is 5.32 Å². The number of esters is 1. The molecule has 0 radical (unpaired) electrons. The standard InChI is InChI=1S/C13H20N2O3/c1-18-13(17)12-5-3-10(15-12)8-14-7-9-2-4-11(16)6-9/h3,5,9,11,14-16H,2,4,6-8H2,1H3. The van der Waals surface area contributed by atoms with Crippen LogP contribution in [0.1, 0.15) is 35.4 Å². The highest BCUT2D eigenvalue weighted by atomic mass is 16.5. The Hall–Kier alpha value is -1.33. The Morgan fingerprint density at radius 2 is 2.39 bits per heavy atom. The predicted molar refractivity (Wildman–Crippen MR) is 67.2 cm³/mol. The molecule has 0 aromatic carbocycles. The molecule has 1 aromatic rings. The minimum absolute atomic E-state index is 0.117. The first-order valence-electron chi connectivity index (χ1n) is 6.34. The van der Waals surface area contributed by atoms with Crippen molar-refractivity contribution in [2.24, 2.45) is 5.92 Å². The lowest BCUT2D eigenvalue weighted by atomic mass is 10.1. The van der Waals surface area contributed by atoms with Crippen molar-refractivity contribution in [1.29, 1.82) is 0 Å². The van der Waals surface area contributed by atoms with Gasteiger partial charge in [0.15, 0.2) is 0 Å². The van der Waals surface area contributed by atoms with Crippen molar-refractivity contribution < 1.29 is 14.6 Å². The Bertz CT molecular complexity index is 403. The Morgan fingerprint density at radius 1 is 1.56 bits per heavy atom. The van der Waals surface area contributed by atoms with Crippen LogP contribution in [0.25, 0.3) is 0 Å². The maximum atomic E-state index is 11.2. The van der Waals surface area contributed by atoms with E-state index in [-0.39, 0.29) is 12.1 Å². The summed E-state index contributed by atoms with van der Waals surface area (Å²) in [7, 11) is 1.37. The number of ether oxygens (including phenoxy) is 1. The average Bonchev–Trinajstić information content (AvgIpc) is 2.98. The van der Waals surface area contributed by atoms with E-state index >= 15 is 0 Å². The largest absolute Gasteiger partial charge is 0.464 e.